The van der Waals surface area contributed by atoms with Crippen molar-refractivity contribution in [3.05, 3.63) is 86.7 Å². The number of amides is 1. The van der Waals surface area contributed by atoms with E-state index in [1.54, 1.807) is 18.2 Å². The van der Waals surface area contributed by atoms with E-state index < -0.39 is 5.91 Å². The first kappa shape index (κ1) is 20.7. The average Bonchev–Trinajstić information content (AvgIpc) is 2.95. The largest absolute Gasteiger partial charge is 0.321 e. The van der Waals surface area contributed by atoms with Gasteiger partial charge in [0.1, 0.15) is 11.6 Å². The molecule has 29 heavy (non-hydrogen) atoms. The van der Waals surface area contributed by atoms with Crippen LogP contribution < -0.4 is 5.32 Å². The first-order chi connectivity index (χ1) is 13.8. The van der Waals surface area contributed by atoms with Crippen LogP contribution in [0.15, 0.2) is 54.1 Å². The first-order valence-electron chi connectivity index (χ1n) is 8.94. The fourth-order valence-corrected chi connectivity index (χ4v) is 3.48. The Balaban J connectivity index is 1.93. The van der Waals surface area contributed by atoms with E-state index in [-0.39, 0.29) is 5.57 Å². The van der Waals surface area contributed by atoms with E-state index in [1.165, 1.54) is 0 Å². The number of carbonyl (C=O) groups excluding carboxylic acids is 1. The molecule has 1 amide bonds. The fourth-order valence-electron chi connectivity index (χ4n) is 3.12. The molecule has 1 heterocycles. The molecule has 0 fully saturated rings. The van der Waals surface area contributed by atoms with Crippen molar-refractivity contribution < 1.29 is 4.79 Å². The van der Waals surface area contributed by atoms with Gasteiger partial charge in [-0.15, -0.1) is 0 Å². The highest BCUT2D eigenvalue weighted by Gasteiger charge is 2.14. The third-order valence-electron chi connectivity index (χ3n) is 4.63. The molecule has 4 nitrogen and oxygen atoms in total. The van der Waals surface area contributed by atoms with Gasteiger partial charge in [-0.3, -0.25) is 4.79 Å². The summed E-state index contributed by atoms with van der Waals surface area (Å²) in [5.74, 6) is -0.486. The number of anilines is 1. The van der Waals surface area contributed by atoms with Gasteiger partial charge in [-0.1, -0.05) is 35.3 Å². The number of rotatable bonds is 4. The van der Waals surface area contributed by atoms with Crippen molar-refractivity contribution in [3.8, 4) is 11.8 Å². The monoisotopic (exact) mass is 423 g/mol. The highest BCUT2D eigenvalue weighted by molar-refractivity contribution is 6.31. The third-order valence-corrected chi connectivity index (χ3v) is 5.27. The lowest BCUT2D eigenvalue weighted by atomic mass is 10.1. The molecule has 1 aromatic heterocycles. The molecule has 2 aromatic carbocycles. The molecule has 0 bridgehead atoms. The van der Waals surface area contributed by atoms with Crippen LogP contribution in [0.5, 0.6) is 0 Å². The highest BCUT2D eigenvalue weighted by Crippen LogP contribution is 2.25. The standard InChI is InChI=1S/C23H19Cl2N3O/c1-14-7-8-20(12-22(14)25)27-23(29)18(13-26)10-17-9-15(2)28(16(17)3)21-6-4-5-19(24)11-21/h4-12H,1-3H3,(H,27,29)/b18-10+. The number of nitrogens with zero attached hydrogens (tertiary/aromatic N) is 2. The minimum Gasteiger partial charge on any atom is -0.321 e. The summed E-state index contributed by atoms with van der Waals surface area (Å²) in [6.45, 7) is 5.78. The van der Waals surface area contributed by atoms with Gasteiger partial charge in [0.15, 0.2) is 0 Å². The van der Waals surface area contributed by atoms with Crippen LogP contribution in [0.4, 0.5) is 5.69 Å². The summed E-state index contributed by atoms with van der Waals surface area (Å²) in [4.78, 5) is 12.6. The Bertz CT molecular complexity index is 1170. The molecular weight excluding hydrogens is 405 g/mol. The number of nitriles is 1. The quantitative estimate of drug-likeness (QED) is 0.397. The predicted octanol–water partition coefficient (Wildman–Crippen LogP) is 6.26. The molecule has 0 aliphatic rings. The molecule has 1 N–H and O–H groups in total. The maximum absolute atomic E-state index is 12.6. The zero-order valence-corrected chi connectivity index (χ0v) is 17.8. The summed E-state index contributed by atoms with van der Waals surface area (Å²) in [6, 6.07) is 16.7. The second-order valence-electron chi connectivity index (χ2n) is 6.73. The molecule has 3 aromatic rings. The Labute approximate surface area is 180 Å². The number of aryl methyl sites for hydroxylation is 2. The van der Waals surface area contributed by atoms with Crippen LogP contribution in [0, 0.1) is 32.1 Å². The number of hydrogen-bond acceptors (Lipinski definition) is 2. The lowest BCUT2D eigenvalue weighted by Gasteiger charge is -2.10. The van der Waals surface area contributed by atoms with Gasteiger partial charge in [-0.05, 0) is 74.4 Å². The number of benzene rings is 2. The maximum atomic E-state index is 12.6. The lowest BCUT2D eigenvalue weighted by molar-refractivity contribution is -0.112. The zero-order valence-electron chi connectivity index (χ0n) is 16.3. The summed E-state index contributed by atoms with van der Waals surface area (Å²) < 4.78 is 2.03. The molecule has 6 heteroatoms. The van der Waals surface area contributed by atoms with Crippen molar-refractivity contribution in [2.24, 2.45) is 0 Å². The van der Waals surface area contributed by atoms with Gasteiger partial charge in [0.2, 0.25) is 0 Å². The van der Waals surface area contributed by atoms with Crippen molar-refractivity contribution in [1.29, 1.82) is 5.26 Å². The third kappa shape index (κ3) is 4.54. The second kappa shape index (κ2) is 8.57. The van der Waals surface area contributed by atoms with E-state index in [1.807, 2.05) is 67.8 Å². The summed E-state index contributed by atoms with van der Waals surface area (Å²) in [6.07, 6.45) is 1.59. The Morgan fingerprint density at radius 3 is 2.52 bits per heavy atom. The normalized spacial score (nSPS) is 11.2. The van der Waals surface area contributed by atoms with Gasteiger partial charge in [0, 0.05) is 32.8 Å². The van der Waals surface area contributed by atoms with Gasteiger partial charge in [-0.25, -0.2) is 0 Å². The molecule has 0 radical (unpaired) electrons. The molecule has 146 valence electrons. The summed E-state index contributed by atoms with van der Waals surface area (Å²) >= 11 is 12.2. The Kier molecular flexibility index (Phi) is 6.12. The molecule has 0 aliphatic heterocycles. The summed E-state index contributed by atoms with van der Waals surface area (Å²) in [5, 5.41) is 13.4. The van der Waals surface area contributed by atoms with E-state index in [2.05, 4.69) is 5.32 Å². The van der Waals surface area contributed by atoms with Gasteiger partial charge >= 0.3 is 0 Å². The van der Waals surface area contributed by atoms with E-state index in [0.29, 0.717) is 15.7 Å². The molecule has 0 aliphatic carbocycles. The molecule has 0 saturated carbocycles. The molecule has 0 saturated heterocycles. The Morgan fingerprint density at radius 1 is 1.10 bits per heavy atom. The number of aromatic nitrogens is 1. The Hall–Kier alpha value is -3.00. The van der Waals surface area contributed by atoms with Gasteiger partial charge in [-0.2, -0.15) is 5.26 Å². The molecular formula is C23H19Cl2N3O. The van der Waals surface area contributed by atoms with E-state index in [4.69, 9.17) is 23.2 Å². The van der Waals surface area contributed by atoms with Crippen molar-refractivity contribution in [3.63, 3.8) is 0 Å². The Morgan fingerprint density at radius 2 is 1.86 bits per heavy atom. The van der Waals surface area contributed by atoms with Crippen LogP contribution in [0.3, 0.4) is 0 Å². The summed E-state index contributed by atoms with van der Waals surface area (Å²) in [7, 11) is 0. The fraction of sp³-hybridized carbons (Fsp3) is 0.130. The number of carbonyl (C=O) groups is 1. The second-order valence-corrected chi connectivity index (χ2v) is 7.57. The minimum absolute atomic E-state index is 0.00745. The van der Waals surface area contributed by atoms with Crippen LogP contribution >= 0.6 is 23.2 Å². The SMILES string of the molecule is Cc1ccc(NC(=O)/C(C#N)=C/c2cc(C)n(-c3cccc(Cl)c3)c2C)cc1Cl. The van der Waals surface area contributed by atoms with E-state index in [9.17, 15) is 10.1 Å². The van der Waals surface area contributed by atoms with Crippen molar-refractivity contribution in [2.75, 3.05) is 5.32 Å². The molecule has 3 rings (SSSR count). The zero-order chi connectivity index (χ0) is 21.1. The van der Waals surface area contributed by atoms with Gasteiger partial charge < -0.3 is 9.88 Å². The van der Waals surface area contributed by atoms with E-state index >= 15 is 0 Å². The number of halogens is 2. The van der Waals surface area contributed by atoms with Gasteiger partial charge in [0.25, 0.3) is 5.91 Å². The highest BCUT2D eigenvalue weighted by atomic mass is 35.5. The van der Waals surface area contributed by atoms with Crippen LogP contribution in [0.1, 0.15) is 22.5 Å². The molecule has 0 unspecified atom stereocenters. The maximum Gasteiger partial charge on any atom is 0.266 e. The average molecular weight is 424 g/mol. The first-order valence-corrected chi connectivity index (χ1v) is 9.70. The van der Waals surface area contributed by atoms with Crippen LogP contribution in [-0.4, -0.2) is 10.5 Å². The van der Waals surface area contributed by atoms with Crippen LogP contribution in [0.2, 0.25) is 10.0 Å². The van der Waals surface area contributed by atoms with Crippen molar-refractivity contribution in [1.82, 2.24) is 4.57 Å². The summed E-state index contributed by atoms with van der Waals surface area (Å²) in [5.41, 5.74) is 5.04. The minimum atomic E-state index is -0.486. The lowest BCUT2D eigenvalue weighted by Crippen LogP contribution is -2.13. The van der Waals surface area contributed by atoms with Crippen molar-refractivity contribution in [2.45, 2.75) is 20.8 Å². The van der Waals surface area contributed by atoms with Crippen LogP contribution in [-0.2, 0) is 4.79 Å². The van der Waals surface area contributed by atoms with Crippen molar-refractivity contribution >= 4 is 40.9 Å². The smallest absolute Gasteiger partial charge is 0.266 e. The molecule has 0 atom stereocenters. The van der Waals surface area contributed by atoms with E-state index in [0.717, 1.165) is 28.2 Å². The topological polar surface area (TPSA) is 57.8 Å². The molecule has 0 spiro atoms. The van der Waals surface area contributed by atoms with Crippen LogP contribution in [0.25, 0.3) is 11.8 Å². The predicted molar refractivity (Wildman–Crippen MR) is 119 cm³/mol. The van der Waals surface area contributed by atoms with Gasteiger partial charge in [0.05, 0.1) is 0 Å². The number of nitrogens with one attached hydrogen (secondary N) is 1. The number of hydrogen-bond donors (Lipinski definition) is 1.